The molecular weight excluding hydrogens is 306 g/mol. The van der Waals surface area contributed by atoms with Crippen molar-refractivity contribution in [2.45, 2.75) is 31.1 Å². The fraction of sp³-hybridized carbons (Fsp3) is 0.611. The molecule has 1 aromatic carbocycles. The maximum Gasteiger partial charge on any atom is 0.191 e. The van der Waals surface area contributed by atoms with E-state index in [1.54, 1.807) is 7.11 Å². The first-order chi connectivity index (χ1) is 11.3. The largest absolute Gasteiger partial charge is 0.496 e. The third-order valence-corrected chi connectivity index (χ3v) is 5.27. The van der Waals surface area contributed by atoms with Crippen LogP contribution in [0.1, 0.15) is 31.2 Å². The van der Waals surface area contributed by atoms with Crippen molar-refractivity contribution in [2.75, 3.05) is 39.3 Å². The minimum absolute atomic E-state index is 0.143. The molecule has 0 saturated heterocycles. The van der Waals surface area contributed by atoms with Gasteiger partial charge in [0.25, 0.3) is 0 Å². The molecule has 1 aromatic rings. The van der Waals surface area contributed by atoms with Gasteiger partial charge in [-0.05, 0) is 25.2 Å². The zero-order valence-corrected chi connectivity index (χ0v) is 15.3. The van der Waals surface area contributed by atoms with Crippen molar-refractivity contribution in [2.24, 2.45) is 4.99 Å². The molecular formula is C18H29N3OS. The van der Waals surface area contributed by atoms with Crippen LogP contribution >= 0.6 is 11.8 Å². The van der Waals surface area contributed by atoms with Gasteiger partial charge in [0.05, 0.1) is 7.11 Å². The van der Waals surface area contributed by atoms with E-state index in [1.165, 1.54) is 31.2 Å². The SMILES string of the molecule is CN=C(NCCSC)NCC1(c2ccccc2OC)CCCC1. The maximum atomic E-state index is 5.62. The van der Waals surface area contributed by atoms with Crippen molar-refractivity contribution in [3.05, 3.63) is 29.8 Å². The van der Waals surface area contributed by atoms with Gasteiger partial charge in [-0.15, -0.1) is 0 Å². The quantitative estimate of drug-likeness (QED) is 0.457. The van der Waals surface area contributed by atoms with E-state index >= 15 is 0 Å². The number of guanidine groups is 1. The second kappa shape index (κ2) is 9.06. The summed E-state index contributed by atoms with van der Waals surface area (Å²) in [5, 5.41) is 6.91. The summed E-state index contributed by atoms with van der Waals surface area (Å²) in [4.78, 5) is 4.34. The second-order valence-corrected chi connectivity index (χ2v) is 7.02. The number of aliphatic imine (C=N–C) groups is 1. The minimum Gasteiger partial charge on any atom is -0.496 e. The molecule has 0 radical (unpaired) electrons. The smallest absolute Gasteiger partial charge is 0.191 e. The molecule has 1 aliphatic rings. The molecule has 0 heterocycles. The Kier molecular flexibility index (Phi) is 7.09. The standard InChI is InChI=1S/C18H29N3OS/c1-19-17(20-12-13-23-3)21-14-18(10-6-7-11-18)15-8-4-5-9-16(15)22-2/h4-5,8-9H,6-7,10-14H2,1-3H3,(H2,19,20,21). The highest BCUT2D eigenvalue weighted by atomic mass is 32.2. The Bertz CT molecular complexity index is 513. The first-order valence-corrected chi connectivity index (χ1v) is 9.72. The van der Waals surface area contributed by atoms with Crippen LogP contribution in [0.3, 0.4) is 0 Å². The predicted octanol–water partition coefficient (Wildman–Crippen LogP) is 3.04. The molecule has 0 aromatic heterocycles. The molecule has 2 N–H and O–H groups in total. The van der Waals surface area contributed by atoms with Gasteiger partial charge in [-0.3, -0.25) is 4.99 Å². The Morgan fingerprint density at radius 2 is 2.00 bits per heavy atom. The maximum absolute atomic E-state index is 5.62. The lowest BCUT2D eigenvalue weighted by Crippen LogP contribution is -2.45. The van der Waals surface area contributed by atoms with Crippen LogP contribution in [0.15, 0.2) is 29.3 Å². The molecule has 1 fully saturated rings. The van der Waals surface area contributed by atoms with E-state index in [1.807, 2.05) is 24.9 Å². The number of hydrogen-bond donors (Lipinski definition) is 2. The first kappa shape index (κ1) is 18.0. The topological polar surface area (TPSA) is 45.7 Å². The molecule has 0 unspecified atom stereocenters. The molecule has 2 rings (SSSR count). The summed E-state index contributed by atoms with van der Waals surface area (Å²) in [6.07, 6.45) is 7.06. The molecule has 5 heteroatoms. The highest BCUT2D eigenvalue weighted by molar-refractivity contribution is 7.98. The van der Waals surface area contributed by atoms with Gasteiger partial charge in [0.15, 0.2) is 5.96 Å². The Morgan fingerprint density at radius 3 is 2.65 bits per heavy atom. The van der Waals surface area contributed by atoms with E-state index in [9.17, 15) is 0 Å². The molecule has 0 spiro atoms. The zero-order chi connectivity index (χ0) is 16.5. The number of nitrogens with one attached hydrogen (secondary N) is 2. The van der Waals surface area contributed by atoms with Crippen LogP contribution in [0, 0.1) is 0 Å². The van der Waals surface area contributed by atoms with E-state index < -0.39 is 0 Å². The van der Waals surface area contributed by atoms with Crippen LogP contribution in [-0.4, -0.2) is 45.2 Å². The van der Waals surface area contributed by atoms with Crippen molar-refractivity contribution in [1.29, 1.82) is 0 Å². The van der Waals surface area contributed by atoms with E-state index in [0.29, 0.717) is 0 Å². The van der Waals surface area contributed by atoms with Crippen LogP contribution in [0.5, 0.6) is 5.75 Å². The van der Waals surface area contributed by atoms with Gasteiger partial charge in [0, 0.05) is 36.9 Å². The third kappa shape index (κ3) is 4.56. The molecule has 1 aliphatic carbocycles. The lowest BCUT2D eigenvalue weighted by Gasteiger charge is -2.32. The number of methoxy groups -OCH3 is 1. The van der Waals surface area contributed by atoms with Crippen molar-refractivity contribution in [1.82, 2.24) is 10.6 Å². The predicted molar refractivity (Wildman–Crippen MR) is 101 cm³/mol. The van der Waals surface area contributed by atoms with Crippen LogP contribution < -0.4 is 15.4 Å². The van der Waals surface area contributed by atoms with Gasteiger partial charge < -0.3 is 15.4 Å². The summed E-state index contributed by atoms with van der Waals surface area (Å²) in [6.45, 7) is 1.83. The average molecular weight is 336 g/mol. The number of rotatable bonds is 7. The Morgan fingerprint density at radius 1 is 1.26 bits per heavy atom. The molecule has 23 heavy (non-hydrogen) atoms. The number of hydrogen-bond acceptors (Lipinski definition) is 3. The Hall–Kier alpha value is -1.36. The van der Waals surface area contributed by atoms with E-state index in [2.05, 4.69) is 40.1 Å². The van der Waals surface area contributed by atoms with E-state index in [0.717, 1.165) is 30.6 Å². The van der Waals surface area contributed by atoms with E-state index in [4.69, 9.17) is 4.74 Å². The lowest BCUT2D eigenvalue weighted by molar-refractivity contribution is 0.371. The molecule has 0 atom stereocenters. The highest BCUT2D eigenvalue weighted by Gasteiger charge is 2.37. The fourth-order valence-electron chi connectivity index (χ4n) is 3.42. The minimum atomic E-state index is 0.143. The van der Waals surface area contributed by atoms with Crippen LogP contribution in [0.2, 0.25) is 0 Å². The van der Waals surface area contributed by atoms with Crippen molar-refractivity contribution < 1.29 is 4.74 Å². The number of para-hydroxylation sites is 1. The number of benzene rings is 1. The van der Waals surface area contributed by atoms with Gasteiger partial charge in [-0.25, -0.2) is 0 Å². The Balaban J connectivity index is 2.09. The van der Waals surface area contributed by atoms with Gasteiger partial charge in [0.2, 0.25) is 0 Å². The van der Waals surface area contributed by atoms with Crippen LogP contribution in [-0.2, 0) is 5.41 Å². The number of nitrogens with zero attached hydrogens (tertiary/aromatic N) is 1. The fourth-order valence-corrected chi connectivity index (χ4v) is 3.73. The van der Waals surface area contributed by atoms with Crippen molar-refractivity contribution >= 4 is 17.7 Å². The highest BCUT2D eigenvalue weighted by Crippen LogP contribution is 2.44. The van der Waals surface area contributed by atoms with Gasteiger partial charge >= 0.3 is 0 Å². The lowest BCUT2D eigenvalue weighted by atomic mass is 9.78. The summed E-state index contributed by atoms with van der Waals surface area (Å²) in [7, 11) is 3.59. The molecule has 0 amide bonds. The number of ether oxygens (including phenoxy) is 1. The normalized spacial score (nSPS) is 17.1. The summed E-state index contributed by atoms with van der Waals surface area (Å²) < 4.78 is 5.62. The molecule has 4 nitrogen and oxygen atoms in total. The molecule has 0 bridgehead atoms. The molecule has 128 valence electrons. The summed E-state index contributed by atoms with van der Waals surface area (Å²) in [5.74, 6) is 2.97. The first-order valence-electron chi connectivity index (χ1n) is 8.33. The second-order valence-electron chi connectivity index (χ2n) is 6.03. The molecule has 1 saturated carbocycles. The van der Waals surface area contributed by atoms with Crippen molar-refractivity contribution in [3.8, 4) is 5.75 Å². The summed E-state index contributed by atoms with van der Waals surface area (Å²) in [5.41, 5.74) is 1.47. The van der Waals surface area contributed by atoms with Crippen LogP contribution in [0.25, 0.3) is 0 Å². The monoisotopic (exact) mass is 335 g/mol. The Labute approximate surface area is 144 Å². The molecule has 0 aliphatic heterocycles. The van der Waals surface area contributed by atoms with Gasteiger partial charge in [-0.2, -0.15) is 11.8 Å². The third-order valence-electron chi connectivity index (χ3n) is 4.66. The van der Waals surface area contributed by atoms with Crippen LogP contribution in [0.4, 0.5) is 0 Å². The van der Waals surface area contributed by atoms with Gasteiger partial charge in [-0.1, -0.05) is 31.0 Å². The van der Waals surface area contributed by atoms with Gasteiger partial charge in [0.1, 0.15) is 5.75 Å². The van der Waals surface area contributed by atoms with Crippen molar-refractivity contribution in [3.63, 3.8) is 0 Å². The summed E-state index contributed by atoms with van der Waals surface area (Å²) in [6, 6.07) is 8.45. The van der Waals surface area contributed by atoms with E-state index in [-0.39, 0.29) is 5.41 Å². The average Bonchev–Trinajstić information content (AvgIpc) is 3.08. The summed E-state index contributed by atoms with van der Waals surface area (Å²) >= 11 is 1.84. The zero-order valence-electron chi connectivity index (χ0n) is 14.5. The number of thioether (sulfide) groups is 1.